The second-order valence-electron chi connectivity index (χ2n) is 4.41. The van der Waals surface area contributed by atoms with Crippen LogP contribution in [0.4, 0.5) is 14.5 Å². The summed E-state index contributed by atoms with van der Waals surface area (Å²) in [4.78, 5) is 0. The number of rotatable bonds is 5. The molecule has 4 heteroatoms. The minimum Gasteiger partial charge on any atom is -0.399 e. The molecule has 2 nitrogen and oxygen atoms in total. The van der Waals surface area contributed by atoms with Gasteiger partial charge in [0.15, 0.2) is 0 Å². The zero-order valence-corrected chi connectivity index (χ0v) is 10.5. The monoisotopic (exact) mass is 262 g/mol. The van der Waals surface area contributed by atoms with Gasteiger partial charge < -0.3 is 11.1 Å². The van der Waals surface area contributed by atoms with E-state index >= 15 is 0 Å². The fraction of sp³-hybridized carbons (Fsp3) is 0.200. The topological polar surface area (TPSA) is 38.0 Å². The molecule has 2 aromatic rings. The third kappa shape index (κ3) is 4.03. The molecular weight excluding hydrogens is 246 g/mol. The maximum absolute atomic E-state index is 13.4. The van der Waals surface area contributed by atoms with Crippen LogP contribution >= 0.6 is 0 Å². The summed E-state index contributed by atoms with van der Waals surface area (Å²) in [5.74, 6) is -0.778. The molecule has 0 aliphatic carbocycles. The summed E-state index contributed by atoms with van der Waals surface area (Å²) in [6.45, 7) is 1.23. The molecule has 3 N–H and O–H groups in total. The van der Waals surface area contributed by atoms with Crippen LogP contribution in [0.2, 0.25) is 0 Å². The molecule has 100 valence electrons. The van der Waals surface area contributed by atoms with Crippen LogP contribution in [-0.2, 0) is 13.0 Å². The molecule has 0 aliphatic heterocycles. The first kappa shape index (κ1) is 13.5. The van der Waals surface area contributed by atoms with E-state index in [0.29, 0.717) is 25.1 Å². The van der Waals surface area contributed by atoms with Gasteiger partial charge in [-0.15, -0.1) is 0 Å². The number of halogens is 2. The summed E-state index contributed by atoms with van der Waals surface area (Å²) in [5, 5.41) is 3.18. The molecule has 0 radical (unpaired) electrons. The van der Waals surface area contributed by atoms with Gasteiger partial charge in [-0.3, -0.25) is 0 Å². The summed E-state index contributed by atoms with van der Waals surface area (Å²) in [5.41, 5.74) is 7.85. The first-order valence-corrected chi connectivity index (χ1v) is 6.14. The number of hydrogen-bond donors (Lipinski definition) is 2. The van der Waals surface area contributed by atoms with E-state index in [0.717, 1.165) is 23.4 Å². The zero-order chi connectivity index (χ0) is 13.7. The molecule has 0 atom stereocenters. The van der Waals surface area contributed by atoms with Crippen molar-refractivity contribution in [3.05, 3.63) is 65.2 Å². The molecule has 0 aromatic heterocycles. The van der Waals surface area contributed by atoms with Crippen molar-refractivity contribution >= 4 is 5.69 Å². The third-order valence-electron chi connectivity index (χ3n) is 2.86. The zero-order valence-electron chi connectivity index (χ0n) is 10.5. The van der Waals surface area contributed by atoms with Crippen LogP contribution in [0.5, 0.6) is 0 Å². The third-order valence-corrected chi connectivity index (χ3v) is 2.86. The number of nitrogens with one attached hydrogen (secondary N) is 1. The Morgan fingerprint density at radius 1 is 1.05 bits per heavy atom. The van der Waals surface area contributed by atoms with E-state index in [-0.39, 0.29) is 5.82 Å². The van der Waals surface area contributed by atoms with Gasteiger partial charge in [-0.05, 0) is 54.4 Å². The van der Waals surface area contributed by atoms with E-state index in [9.17, 15) is 8.78 Å². The predicted molar refractivity (Wildman–Crippen MR) is 72.6 cm³/mol. The molecule has 0 heterocycles. The quantitative estimate of drug-likeness (QED) is 0.642. The van der Waals surface area contributed by atoms with Crippen LogP contribution in [0.15, 0.2) is 42.5 Å². The SMILES string of the molecule is Nc1cccc(CNCCc2cc(F)ccc2F)c1. The number of hydrogen-bond acceptors (Lipinski definition) is 2. The average molecular weight is 262 g/mol. The highest BCUT2D eigenvalue weighted by Crippen LogP contribution is 2.10. The van der Waals surface area contributed by atoms with Gasteiger partial charge >= 0.3 is 0 Å². The lowest BCUT2D eigenvalue weighted by Gasteiger charge is -2.07. The lowest BCUT2D eigenvalue weighted by atomic mass is 10.1. The Kier molecular flexibility index (Phi) is 4.47. The highest BCUT2D eigenvalue weighted by atomic mass is 19.1. The van der Waals surface area contributed by atoms with Crippen molar-refractivity contribution < 1.29 is 8.78 Å². The maximum atomic E-state index is 13.4. The van der Waals surface area contributed by atoms with Crippen molar-refractivity contribution in [3.63, 3.8) is 0 Å². The van der Waals surface area contributed by atoms with Gasteiger partial charge in [0.1, 0.15) is 11.6 Å². The highest BCUT2D eigenvalue weighted by molar-refractivity contribution is 5.40. The van der Waals surface area contributed by atoms with E-state index < -0.39 is 5.82 Å². The van der Waals surface area contributed by atoms with E-state index in [1.807, 2.05) is 24.3 Å². The normalized spacial score (nSPS) is 10.6. The Balaban J connectivity index is 1.82. The maximum Gasteiger partial charge on any atom is 0.126 e. The molecule has 0 fully saturated rings. The largest absolute Gasteiger partial charge is 0.399 e. The smallest absolute Gasteiger partial charge is 0.126 e. The van der Waals surface area contributed by atoms with Crippen LogP contribution in [-0.4, -0.2) is 6.54 Å². The number of anilines is 1. The second-order valence-corrected chi connectivity index (χ2v) is 4.41. The molecular formula is C15H16F2N2. The van der Waals surface area contributed by atoms with Crippen molar-refractivity contribution in [1.29, 1.82) is 0 Å². The molecule has 19 heavy (non-hydrogen) atoms. The van der Waals surface area contributed by atoms with Gasteiger partial charge in [0, 0.05) is 12.2 Å². The van der Waals surface area contributed by atoms with Crippen molar-refractivity contribution in [2.75, 3.05) is 12.3 Å². The van der Waals surface area contributed by atoms with Gasteiger partial charge in [-0.25, -0.2) is 8.78 Å². The van der Waals surface area contributed by atoms with Crippen molar-refractivity contribution in [3.8, 4) is 0 Å². The van der Waals surface area contributed by atoms with Gasteiger partial charge in [0.2, 0.25) is 0 Å². The number of nitrogens with two attached hydrogens (primary N) is 1. The fourth-order valence-corrected chi connectivity index (χ4v) is 1.89. The minimum atomic E-state index is -0.410. The Morgan fingerprint density at radius 2 is 1.89 bits per heavy atom. The number of benzene rings is 2. The van der Waals surface area contributed by atoms with Crippen LogP contribution in [0.25, 0.3) is 0 Å². The first-order chi connectivity index (χ1) is 9.15. The molecule has 0 bridgehead atoms. The first-order valence-electron chi connectivity index (χ1n) is 6.14. The Labute approximate surface area is 111 Å². The van der Waals surface area contributed by atoms with Gasteiger partial charge in [0.25, 0.3) is 0 Å². The molecule has 0 saturated carbocycles. The summed E-state index contributed by atoms with van der Waals surface area (Å²) in [6.07, 6.45) is 0.450. The Hall–Kier alpha value is -1.94. The van der Waals surface area contributed by atoms with Crippen molar-refractivity contribution in [2.45, 2.75) is 13.0 Å². The summed E-state index contributed by atoms with van der Waals surface area (Å²) in [6, 6.07) is 11.1. The number of nitrogen functional groups attached to an aromatic ring is 1. The summed E-state index contributed by atoms with van der Waals surface area (Å²) >= 11 is 0. The summed E-state index contributed by atoms with van der Waals surface area (Å²) < 4.78 is 26.3. The van der Waals surface area contributed by atoms with Crippen LogP contribution in [0, 0.1) is 11.6 Å². The lowest BCUT2D eigenvalue weighted by Crippen LogP contribution is -2.17. The van der Waals surface area contributed by atoms with E-state index in [1.54, 1.807) is 0 Å². The van der Waals surface area contributed by atoms with Crippen molar-refractivity contribution in [1.82, 2.24) is 5.32 Å². The van der Waals surface area contributed by atoms with Crippen molar-refractivity contribution in [2.24, 2.45) is 0 Å². The molecule has 0 saturated heterocycles. The fourth-order valence-electron chi connectivity index (χ4n) is 1.89. The molecule has 0 amide bonds. The molecule has 0 spiro atoms. The highest BCUT2D eigenvalue weighted by Gasteiger charge is 2.03. The molecule has 0 aliphatic rings. The molecule has 2 rings (SSSR count). The van der Waals surface area contributed by atoms with Crippen LogP contribution in [0.3, 0.4) is 0 Å². The van der Waals surface area contributed by atoms with Gasteiger partial charge in [-0.2, -0.15) is 0 Å². The van der Waals surface area contributed by atoms with Gasteiger partial charge in [0.05, 0.1) is 0 Å². The van der Waals surface area contributed by atoms with Crippen LogP contribution < -0.4 is 11.1 Å². The standard InChI is InChI=1S/C15H16F2N2/c16-13-4-5-15(17)12(9-13)6-7-19-10-11-2-1-3-14(18)8-11/h1-5,8-9,19H,6-7,10,18H2. The summed E-state index contributed by atoms with van der Waals surface area (Å²) in [7, 11) is 0. The molecule has 2 aromatic carbocycles. The minimum absolute atomic E-state index is 0.368. The Bertz CT molecular complexity index is 556. The Morgan fingerprint density at radius 3 is 2.68 bits per heavy atom. The van der Waals surface area contributed by atoms with Gasteiger partial charge in [-0.1, -0.05) is 12.1 Å². The van der Waals surface area contributed by atoms with E-state index in [1.165, 1.54) is 6.07 Å². The average Bonchev–Trinajstić information content (AvgIpc) is 2.39. The van der Waals surface area contributed by atoms with E-state index in [2.05, 4.69) is 5.32 Å². The lowest BCUT2D eigenvalue weighted by molar-refractivity contribution is 0.577. The van der Waals surface area contributed by atoms with E-state index in [4.69, 9.17) is 5.73 Å². The molecule has 0 unspecified atom stereocenters. The second kappa shape index (κ2) is 6.29. The predicted octanol–water partition coefficient (Wildman–Crippen LogP) is 2.88. The van der Waals surface area contributed by atoms with Crippen LogP contribution in [0.1, 0.15) is 11.1 Å².